The van der Waals surface area contributed by atoms with Crippen molar-refractivity contribution in [2.45, 2.75) is 47.0 Å². The van der Waals surface area contributed by atoms with Crippen molar-refractivity contribution in [1.29, 1.82) is 0 Å². The lowest BCUT2D eigenvalue weighted by Crippen LogP contribution is -2.43. The highest BCUT2D eigenvalue weighted by Gasteiger charge is 2.37. The molecule has 0 bridgehead atoms. The van der Waals surface area contributed by atoms with Gasteiger partial charge in [0.25, 0.3) is 15.3 Å². The Balaban J connectivity index is 2.85. The molecule has 0 aromatic heterocycles. The van der Waals surface area contributed by atoms with E-state index < -0.39 is 53.1 Å². The summed E-state index contributed by atoms with van der Waals surface area (Å²) in [7, 11) is 0. The molecule has 14 nitrogen and oxygen atoms in total. The summed E-state index contributed by atoms with van der Waals surface area (Å²) in [5.74, 6) is -0.365. The minimum absolute atomic E-state index is 0.498. The van der Waals surface area contributed by atoms with Gasteiger partial charge in [0.05, 0.1) is 5.41 Å². The number of nitrogens with zero attached hydrogens (tertiary/aromatic N) is 3. The molecule has 210 valence electrons. The van der Waals surface area contributed by atoms with Crippen LogP contribution in [0.1, 0.15) is 47.0 Å². The van der Waals surface area contributed by atoms with Crippen LogP contribution in [0.15, 0.2) is 58.7 Å². The third kappa shape index (κ3) is 12.6. The molecule has 14 heteroatoms. The molecule has 0 heterocycles. The molecule has 1 aliphatic rings. The summed E-state index contributed by atoms with van der Waals surface area (Å²) in [6, 6.07) is 0. The van der Waals surface area contributed by atoms with Gasteiger partial charge in [0.2, 0.25) is 0 Å². The summed E-state index contributed by atoms with van der Waals surface area (Å²) in [6.45, 7) is 4.42. The minimum atomic E-state index is -1.91. The monoisotopic (exact) mass is 539 g/mol. The van der Waals surface area contributed by atoms with Crippen LogP contribution in [0, 0.1) is 41.7 Å². The molecule has 0 aromatic carbocycles. The van der Waals surface area contributed by atoms with E-state index in [-0.39, 0.29) is 0 Å². The van der Waals surface area contributed by atoms with E-state index in [1.165, 1.54) is 24.0 Å². The van der Waals surface area contributed by atoms with Gasteiger partial charge in [0.1, 0.15) is 26.4 Å². The fraction of sp³-hybridized carbons (Fsp3) is 0.542. The second-order valence-electron chi connectivity index (χ2n) is 9.12. The van der Waals surface area contributed by atoms with Crippen LogP contribution in [0.2, 0.25) is 0 Å². The number of carbonyl (C=O) groups excluding carboxylic acids is 1. The Kier molecular flexibility index (Phi) is 13.2. The first-order valence-corrected chi connectivity index (χ1v) is 11.7. The number of esters is 1. The molecule has 1 atom stereocenters. The van der Waals surface area contributed by atoms with Crippen molar-refractivity contribution in [1.82, 2.24) is 0 Å². The van der Waals surface area contributed by atoms with Gasteiger partial charge < -0.3 is 19.2 Å². The molecular weight excluding hydrogens is 506 g/mol. The Morgan fingerprint density at radius 1 is 0.947 bits per heavy atom. The maximum Gasteiger partial charge on any atom is 0.331 e. The lowest BCUT2D eigenvalue weighted by atomic mass is 9.84. The average Bonchev–Trinajstić information content (AvgIpc) is 2.82. The normalized spacial score (nSPS) is 17.0. The second-order valence-corrected chi connectivity index (χ2v) is 9.12. The number of allylic oxidation sites excluding steroid dienone is 9. The Labute approximate surface area is 219 Å². The predicted molar refractivity (Wildman–Crippen MR) is 134 cm³/mol. The van der Waals surface area contributed by atoms with Gasteiger partial charge in [0, 0.05) is 6.08 Å². The topological polar surface area (TPSA) is 183 Å². The van der Waals surface area contributed by atoms with E-state index in [9.17, 15) is 35.1 Å². The number of rotatable bonds is 16. The van der Waals surface area contributed by atoms with Crippen LogP contribution in [-0.4, -0.2) is 47.7 Å². The van der Waals surface area contributed by atoms with E-state index in [1.807, 2.05) is 19.1 Å². The van der Waals surface area contributed by atoms with Gasteiger partial charge in [-0.1, -0.05) is 48.5 Å². The molecule has 38 heavy (non-hydrogen) atoms. The van der Waals surface area contributed by atoms with Gasteiger partial charge in [0.15, 0.2) is 0 Å². The Morgan fingerprint density at radius 3 is 2.00 bits per heavy atom. The number of hydrogen-bond acceptors (Lipinski definition) is 11. The number of carbonyl (C=O) groups is 1. The van der Waals surface area contributed by atoms with Crippen LogP contribution in [0.25, 0.3) is 0 Å². The summed E-state index contributed by atoms with van der Waals surface area (Å²) in [6.07, 6.45) is 14.1. The molecule has 0 N–H and O–H groups in total. The predicted octanol–water partition coefficient (Wildman–Crippen LogP) is 4.28. The molecule has 0 fully saturated rings. The third-order valence-corrected chi connectivity index (χ3v) is 5.75. The molecule has 1 aliphatic carbocycles. The van der Waals surface area contributed by atoms with Gasteiger partial charge in [-0.15, -0.1) is 30.3 Å². The van der Waals surface area contributed by atoms with Crippen molar-refractivity contribution in [3.8, 4) is 0 Å². The van der Waals surface area contributed by atoms with Crippen LogP contribution in [0.5, 0.6) is 0 Å². The van der Waals surface area contributed by atoms with Crippen molar-refractivity contribution in [2.75, 3.05) is 26.4 Å². The van der Waals surface area contributed by atoms with E-state index in [4.69, 9.17) is 4.74 Å². The van der Waals surface area contributed by atoms with E-state index in [2.05, 4.69) is 34.4 Å². The van der Waals surface area contributed by atoms with Crippen LogP contribution >= 0.6 is 0 Å². The first kappa shape index (κ1) is 31.8. The maximum atomic E-state index is 12.3. The minimum Gasteiger partial charge on any atom is -0.462 e. The molecule has 0 saturated heterocycles. The molecule has 0 spiro atoms. The quantitative estimate of drug-likeness (QED) is 0.0896. The van der Waals surface area contributed by atoms with Crippen molar-refractivity contribution < 1.29 is 39.3 Å². The summed E-state index contributed by atoms with van der Waals surface area (Å²) < 4.78 is 5.04. The van der Waals surface area contributed by atoms with Crippen molar-refractivity contribution in [2.24, 2.45) is 11.3 Å². The van der Waals surface area contributed by atoms with Crippen LogP contribution in [-0.2, 0) is 24.0 Å². The Hall–Kier alpha value is -4.23. The van der Waals surface area contributed by atoms with Crippen LogP contribution in [0.3, 0.4) is 0 Å². The molecule has 0 aromatic rings. The zero-order valence-corrected chi connectivity index (χ0v) is 21.8. The zero-order valence-electron chi connectivity index (χ0n) is 21.8. The summed E-state index contributed by atoms with van der Waals surface area (Å²) in [5.41, 5.74) is 2.36. The van der Waals surface area contributed by atoms with E-state index in [0.29, 0.717) is 11.5 Å². The first-order chi connectivity index (χ1) is 17.8. The van der Waals surface area contributed by atoms with Crippen molar-refractivity contribution >= 4 is 5.97 Å². The molecule has 0 aliphatic heterocycles. The van der Waals surface area contributed by atoms with E-state index in [0.717, 1.165) is 18.1 Å². The van der Waals surface area contributed by atoms with E-state index in [1.54, 1.807) is 19.1 Å². The largest absolute Gasteiger partial charge is 0.462 e. The summed E-state index contributed by atoms with van der Waals surface area (Å²) >= 11 is 0. The third-order valence-electron chi connectivity index (χ3n) is 5.75. The highest BCUT2D eigenvalue weighted by molar-refractivity contribution is 5.83. The van der Waals surface area contributed by atoms with Crippen LogP contribution < -0.4 is 0 Å². The van der Waals surface area contributed by atoms with Crippen molar-refractivity contribution in [3.63, 3.8) is 0 Å². The van der Waals surface area contributed by atoms with Gasteiger partial charge in [-0.05, 0) is 57.1 Å². The highest BCUT2D eigenvalue weighted by Crippen LogP contribution is 2.30. The molecule has 0 radical (unpaired) electrons. The molecule has 1 unspecified atom stereocenters. The Bertz CT molecular complexity index is 982. The lowest BCUT2D eigenvalue weighted by molar-refractivity contribution is -0.782. The maximum absolute atomic E-state index is 12.3. The zero-order chi connectivity index (χ0) is 28.7. The highest BCUT2D eigenvalue weighted by atomic mass is 17.0. The SMILES string of the molecule is CC1=C(/C=C/C(C)=C/C=C/C(C)=C/C(=O)OCC(CO[N+](=O)[O-])(CO[N+](=O)[O-])CO[N+](=O)[O-])C(C)CCC1. The fourth-order valence-corrected chi connectivity index (χ4v) is 3.65. The van der Waals surface area contributed by atoms with E-state index >= 15 is 0 Å². The molecule has 1 rings (SSSR count). The first-order valence-electron chi connectivity index (χ1n) is 11.7. The van der Waals surface area contributed by atoms with Crippen molar-refractivity contribution in [3.05, 3.63) is 89.1 Å². The summed E-state index contributed by atoms with van der Waals surface area (Å²) in [4.78, 5) is 56.7. The average molecular weight is 540 g/mol. The van der Waals surface area contributed by atoms with Gasteiger partial charge >= 0.3 is 5.97 Å². The Morgan fingerprint density at radius 2 is 1.50 bits per heavy atom. The number of ether oxygens (including phenoxy) is 1. The second kappa shape index (κ2) is 15.8. The van der Waals surface area contributed by atoms with Gasteiger partial charge in [-0.3, -0.25) is 0 Å². The van der Waals surface area contributed by atoms with Gasteiger partial charge in [-0.2, -0.15) is 0 Å². The standard InChI is InChI=1S/C24H33N3O11/c1-18(11-12-22-20(3)9-6-10-21(22)4)7-5-8-19(2)13-23(28)35-14-24(15-36-25(29)30,16-37-26(31)32)17-38-27(33)34/h5,7-8,11-13,20H,6,9-10,14-17H2,1-4H3/b8-5+,12-11+,18-7+,19-13+. The molecular formula is C24H33N3O11. The smallest absolute Gasteiger partial charge is 0.331 e. The lowest BCUT2D eigenvalue weighted by Gasteiger charge is -2.29. The number of hydrogen-bond donors (Lipinski definition) is 0. The van der Waals surface area contributed by atoms with Crippen LogP contribution in [0.4, 0.5) is 0 Å². The molecule has 0 saturated carbocycles. The van der Waals surface area contributed by atoms with Gasteiger partial charge in [-0.25, -0.2) is 4.79 Å². The fourth-order valence-electron chi connectivity index (χ4n) is 3.65. The molecule has 0 amide bonds. The summed E-state index contributed by atoms with van der Waals surface area (Å²) in [5, 5.41) is 28.2.